The summed E-state index contributed by atoms with van der Waals surface area (Å²) >= 11 is 0. The van der Waals surface area contributed by atoms with E-state index < -0.39 is 13.5 Å². The van der Waals surface area contributed by atoms with Crippen LogP contribution in [0.5, 0.6) is 0 Å². The van der Waals surface area contributed by atoms with Crippen molar-refractivity contribution in [2.24, 2.45) is 0 Å². The van der Waals surface area contributed by atoms with Gasteiger partial charge >= 0.3 is 0 Å². The molecule has 1 atom stereocenters. The van der Waals surface area contributed by atoms with Crippen molar-refractivity contribution < 1.29 is 0 Å². The largest absolute Gasteiger partial charge is 0.310 e. The number of hydrogen-bond acceptors (Lipinski definition) is 1. The molecular weight excluding hydrogens is 943 g/mol. The second-order valence-corrected chi connectivity index (χ2v) is 25.3. The molecule has 16 rings (SSSR count). The van der Waals surface area contributed by atoms with Crippen molar-refractivity contribution in [3.63, 3.8) is 0 Å². The molecule has 0 saturated heterocycles. The van der Waals surface area contributed by atoms with E-state index in [9.17, 15) is 0 Å². The molecule has 4 aliphatic rings. The lowest BCUT2D eigenvalue weighted by atomic mass is 9.70. The van der Waals surface area contributed by atoms with Gasteiger partial charge in [0.1, 0.15) is 0 Å². The molecule has 0 fully saturated rings. The minimum Gasteiger partial charge on any atom is -0.310 e. The number of nitrogens with zero attached hydrogens (tertiary/aromatic N) is 1. The summed E-state index contributed by atoms with van der Waals surface area (Å²) in [5.41, 5.74) is 24.6. The van der Waals surface area contributed by atoms with E-state index in [1.807, 2.05) is 0 Å². The van der Waals surface area contributed by atoms with Crippen molar-refractivity contribution in [3.05, 3.63) is 330 Å². The molecule has 77 heavy (non-hydrogen) atoms. The van der Waals surface area contributed by atoms with Crippen LogP contribution in [0.1, 0.15) is 45.9 Å². The Hall–Kier alpha value is -9.34. The van der Waals surface area contributed by atoms with Gasteiger partial charge in [0, 0.05) is 22.5 Å². The van der Waals surface area contributed by atoms with Gasteiger partial charge in [-0.1, -0.05) is 255 Å². The van der Waals surface area contributed by atoms with Gasteiger partial charge in [0.15, 0.2) is 8.07 Å². The number of hydrogen-bond donors (Lipinski definition) is 0. The predicted molar refractivity (Wildman–Crippen MR) is 323 cm³/mol. The number of benzene rings is 12. The van der Waals surface area contributed by atoms with E-state index in [1.165, 1.54) is 115 Å². The van der Waals surface area contributed by atoms with Crippen LogP contribution in [0.2, 0.25) is 0 Å². The summed E-state index contributed by atoms with van der Waals surface area (Å²) in [7, 11) is -2.98. The second-order valence-electron chi connectivity index (χ2n) is 21.6. The SMILES string of the molecule is CC1(c2ccccc2)c2ccccc2-c2ccc(N(c3cc(-c4ccccc4)cc([Si]4(c5ccccc5)c5ccccc5-c5ccccc54)c3)c3ccc4c(c3)-c3ccccc3C43c4ccccc4-c4ccccc43)cc21. The van der Waals surface area contributed by atoms with Gasteiger partial charge in [-0.05, 0) is 159 Å². The maximum absolute atomic E-state index is 2.98. The standard InChI is InChI=1S/C75H51NSi/c1-74(52-25-7-3-8-26-52)66-35-17-11-29-58(66)62-43-41-54(49-71(62)74)76(53-42-44-70-65(48-53)61-32-14-20-38-69(61)75(70)67-36-18-12-30-59(67)60-31-13-19-37-68(60)75)55-45-51(50-23-5-2-6-24-50)46-57(47-55)77(56-27-9-4-10-28-56)72-39-21-15-33-63(72)64-34-16-22-40-73(64)77/h2-49H,1H3. The Labute approximate surface area is 451 Å². The van der Waals surface area contributed by atoms with Crippen LogP contribution in [-0.4, -0.2) is 8.07 Å². The molecule has 1 spiro atoms. The van der Waals surface area contributed by atoms with E-state index in [0.717, 1.165) is 17.1 Å². The zero-order valence-corrected chi connectivity index (χ0v) is 43.7. The Morgan fingerprint density at radius 2 is 0.714 bits per heavy atom. The van der Waals surface area contributed by atoms with Crippen LogP contribution in [0.15, 0.2) is 291 Å². The van der Waals surface area contributed by atoms with E-state index in [1.54, 1.807) is 0 Å². The molecule has 360 valence electrons. The molecule has 12 aromatic rings. The molecule has 2 heteroatoms. The molecule has 3 aliphatic carbocycles. The third kappa shape index (κ3) is 5.94. The van der Waals surface area contributed by atoms with Crippen molar-refractivity contribution in [2.75, 3.05) is 4.90 Å². The molecule has 1 heterocycles. The van der Waals surface area contributed by atoms with Gasteiger partial charge < -0.3 is 4.90 Å². The molecule has 0 amide bonds. The lowest BCUT2D eigenvalue weighted by Crippen LogP contribution is -2.72. The Bertz CT molecular complexity index is 4270. The smallest absolute Gasteiger partial charge is 0.180 e. The molecular formula is C75H51NSi. The van der Waals surface area contributed by atoms with Crippen molar-refractivity contribution in [3.8, 4) is 55.6 Å². The van der Waals surface area contributed by atoms with Gasteiger partial charge in [-0.2, -0.15) is 0 Å². The zero-order valence-electron chi connectivity index (χ0n) is 42.7. The van der Waals surface area contributed by atoms with Crippen molar-refractivity contribution >= 4 is 45.9 Å². The average Bonchev–Trinajstić information content (AvgIpc) is 4.29. The predicted octanol–water partition coefficient (Wildman–Crippen LogP) is 15.9. The fourth-order valence-corrected chi connectivity index (χ4v) is 20.1. The van der Waals surface area contributed by atoms with Gasteiger partial charge in [-0.25, -0.2) is 0 Å². The van der Waals surface area contributed by atoms with Gasteiger partial charge in [-0.3, -0.25) is 0 Å². The van der Waals surface area contributed by atoms with E-state index in [4.69, 9.17) is 0 Å². The van der Waals surface area contributed by atoms with E-state index in [-0.39, 0.29) is 5.41 Å². The first-order valence-electron chi connectivity index (χ1n) is 27.1. The molecule has 12 aromatic carbocycles. The van der Waals surface area contributed by atoms with Crippen molar-refractivity contribution in [1.29, 1.82) is 0 Å². The fourth-order valence-electron chi connectivity index (χ4n) is 14.8. The third-order valence-corrected chi connectivity index (χ3v) is 22.9. The maximum Gasteiger partial charge on any atom is 0.180 e. The summed E-state index contributed by atoms with van der Waals surface area (Å²) in [6.45, 7) is 2.43. The summed E-state index contributed by atoms with van der Waals surface area (Å²) in [6, 6.07) is 111. The zero-order chi connectivity index (χ0) is 50.9. The van der Waals surface area contributed by atoms with Crippen LogP contribution in [0.25, 0.3) is 55.6 Å². The van der Waals surface area contributed by atoms with E-state index >= 15 is 0 Å². The number of anilines is 3. The first kappa shape index (κ1) is 44.0. The van der Waals surface area contributed by atoms with Crippen LogP contribution in [0, 0.1) is 0 Å². The van der Waals surface area contributed by atoms with Crippen LogP contribution in [0.3, 0.4) is 0 Å². The topological polar surface area (TPSA) is 3.24 Å². The first-order valence-corrected chi connectivity index (χ1v) is 29.1. The van der Waals surface area contributed by atoms with Crippen molar-refractivity contribution in [2.45, 2.75) is 17.8 Å². The van der Waals surface area contributed by atoms with Gasteiger partial charge in [-0.15, -0.1) is 0 Å². The van der Waals surface area contributed by atoms with Crippen LogP contribution in [0.4, 0.5) is 17.1 Å². The molecule has 1 nitrogen and oxygen atoms in total. The monoisotopic (exact) mass is 993 g/mol. The highest BCUT2D eigenvalue weighted by atomic mass is 28.3. The van der Waals surface area contributed by atoms with E-state index in [2.05, 4.69) is 303 Å². The Balaban J connectivity index is 1.00. The summed E-state index contributed by atoms with van der Waals surface area (Å²) in [4.78, 5) is 2.59. The van der Waals surface area contributed by atoms with Gasteiger partial charge in [0.05, 0.1) is 5.41 Å². The number of rotatable bonds is 7. The minimum absolute atomic E-state index is 0.389. The summed E-state index contributed by atoms with van der Waals surface area (Å²) in [5.74, 6) is 0. The lowest BCUT2D eigenvalue weighted by Gasteiger charge is -2.35. The molecule has 0 bridgehead atoms. The highest BCUT2D eigenvalue weighted by Crippen LogP contribution is 2.63. The molecule has 0 N–H and O–H groups in total. The summed E-state index contributed by atoms with van der Waals surface area (Å²) in [6.07, 6.45) is 0. The summed E-state index contributed by atoms with van der Waals surface area (Å²) in [5, 5.41) is 5.60. The fraction of sp³-hybridized carbons (Fsp3) is 0.0400. The first-order chi connectivity index (χ1) is 38.1. The normalized spacial score (nSPS) is 15.9. The number of fused-ring (bicyclic) bond motifs is 16. The lowest BCUT2D eigenvalue weighted by molar-refractivity contribution is 0.714. The molecule has 0 radical (unpaired) electrons. The van der Waals surface area contributed by atoms with E-state index in [0.29, 0.717) is 0 Å². The Morgan fingerprint density at radius 1 is 0.273 bits per heavy atom. The van der Waals surface area contributed by atoms with Crippen LogP contribution < -0.4 is 25.6 Å². The van der Waals surface area contributed by atoms with Gasteiger partial charge in [0.2, 0.25) is 0 Å². The quantitative estimate of drug-likeness (QED) is 0.144. The maximum atomic E-state index is 2.59. The third-order valence-electron chi connectivity index (χ3n) is 18.0. The Morgan fingerprint density at radius 3 is 1.32 bits per heavy atom. The van der Waals surface area contributed by atoms with Crippen LogP contribution in [-0.2, 0) is 10.8 Å². The molecule has 0 saturated carbocycles. The van der Waals surface area contributed by atoms with Crippen LogP contribution >= 0.6 is 0 Å². The molecule has 1 unspecified atom stereocenters. The Kier molecular flexibility index (Phi) is 9.47. The summed E-state index contributed by atoms with van der Waals surface area (Å²) < 4.78 is 0. The van der Waals surface area contributed by atoms with Gasteiger partial charge in [0.25, 0.3) is 0 Å². The second kappa shape index (κ2) is 16.6. The highest BCUT2D eigenvalue weighted by molar-refractivity contribution is 7.22. The van der Waals surface area contributed by atoms with Crippen molar-refractivity contribution in [1.82, 2.24) is 0 Å². The molecule has 1 aliphatic heterocycles. The highest BCUT2D eigenvalue weighted by Gasteiger charge is 2.52. The molecule has 0 aromatic heterocycles. The minimum atomic E-state index is -2.98. The average molecular weight is 994 g/mol.